The van der Waals surface area contributed by atoms with Crippen molar-refractivity contribution in [2.24, 2.45) is 0 Å². The SMILES string of the molecule is COCCN1C(=O)CCC12CCN(C(=O)c1ccn[nH]1)CC2. The summed E-state index contributed by atoms with van der Waals surface area (Å²) in [5, 5.41) is 6.54. The lowest BCUT2D eigenvalue weighted by Gasteiger charge is -2.44. The third-order valence-corrected chi connectivity index (χ3v) is 4.91. The number of nitrogens with one attached hydrogen (secondary N) is 1. The van der Waals surface area contributed by atoms with Crippen LogP contribution < -0.4 is 0 Å². The molecule has 0 unspecified atom stereocenters. The number of aromatic nitrogens is 2. The number of carbonyl (C=O) groups is 2. The molecule has 1 N–H and O–H groups in total. The van der Waals surface area contributed by atoms with Crippen molar-refractivity contribution in [1.82, 2.24) is 20.0 Å². The number of aromatic amines is 1. The second-order valence-electron chi connectivity index (χ2n) is 6.03. The van der Waals surface area contributed by atoms with Crippen molar-refractivity contribution in [3.05, 3.63) is 18.0 Å². The molecule has 1 spiro atoms. The minimum atomic E-state index is -0.0830. The number of amides is 2. The fourth-order valence-corrected chi connectivity index (χ4v) is 3.61. The molecule has 0 atom stereocenters. The predicted octanol–water partition coefficient (Wildman–Crippen LogP) is 0.653. The first-order valence-electron chi connectivity index (χ1n) is 7.74. The highest BCUT2D eigenvalue weighted by atomic mass is 16.5. The first kappa shape index (κ1) is 15.0. The topological polar surface area (TPSA) is 78.5 Å². The minimum absolute atomic E-state index is 0.0138. The third kappa shape index (κ3) is 2.61. The zero-order valence-corrected chi connectivity index (χ0v) is 12.9. The van der Waals surface area contributed by atoms with Gasteiger partial charge in [0.1, 0.15) is 5.69 Å². The molecule has 3 heterocycles. The summed E-state index contributed by atoms with van der Waals surface area (Å²) in [6.07, 6.45) is 4.76. The largest absolute Gasteiger partial charge is 0.383 e. The van der Waals surface area contributed by atoms with E-state index in [-0.39, 0.29) is 17.4 Å². The van der Waals surface area contributed by atoms with E-state index in [1.54, 1.807) is 19.4 Å². The van der Waals surface area contributed by atoms with Crippen LogP contribution in [0.15, 0.2) is 12.3 Å². The maximum absolute atomic E-state index is 12.3. The normalized spacial score (nSPS) is 20.9. The van der Waals surface area contributed by atoms with E-state index in [0.29, 0.717) is 38.4 Å². The van der Waals surface area contributed by atoms with Crippen LogP contribution in [-0.4, -0.2) is 70.7 Å². The summed E-state index contributed by atoms with van der Waals surface area (Å²) in [6, 6.07) is 1.69. The van der Waals surface area contributed by atoms with Crippen LogP contribution in [0, 0.1) is 0 Å². The Bertz CT molecular complexity index is 535. The van der Waals surface area contributed by atoms with Crippen molar-refractivity contribution in [3.63, 3.8) is 0 Å². The maximum Gasteiger partial charge on any atom is 0.271 e. The van der Waals surface area contributed by atoms with Crippen LogP contribution >= 0.6 is 0 Å². The molecule has 1 aromatic heterocycles. The van der Waals surface area contributed by atoms with E-state index in [2.05, 4.69) is 10.2 Å². The molecule has 7 heteroatoms. The zero-order valence-electron chi connectivity index (χ0n) is 12.9. The van der Waals surface area contributed by atoms with Crippen LogP contribution in [0.25, 0.3) is 0 Å². The molecule has 0 saturated carbocycles. The van der Waals surface area contributed by atoms with Crippen LogP contribution in [0.1, 0.15) is 36.2 Å². The Morgan fingerprint density at radius 3 is 2.82 bits per heavy atom. The van der Waals surface area contributed by atoms with Crippen molar-refractivity contribution in [1.29, 1.82) is 0 Å². The van der Waals surface area contributed by atoms with Gasteiger partial charge in [-0.3, -0.25) is 14.7 Å². The van der Waals surface area contributed by atoms with Gasteiger partial charge in [0, 0.05) is 44.9 Å². The molecule has 2 aliphatic rings. The molecule has 2 fully saturated rings. The van der Waals surface area contributed by atoms with Crippen LogP contribution in [0.5, 0.6) is 0 Å². The van der Waals surface area contributed by atoms with Gasteiger partial charge in [0.15, 0.2) is 0 Å². The first-order chi connectivity index (χ1) is 10.7. The maximum atomic E-state index is 12.3. The van der Waals surface area contributed by atoms with Crippen LogP contribution in [-0.2, 0) is 9.53 Å². The molecule has 0 aromatic carbocycles. The van der Waals surface area contributed by atoms with Gasteiger partial charge in [0.2, 0.25) is 5.91 Å². The predicted molar refractivity (Wildman–Crippen MR) is 79.3 cm³/mol. The fourth-order valence-electron chi connectivity index (χ4n) is 3.61. The van der Waals surface area contributed by atoms with Crippen LogP contribution in [0.2, 0.25) is 0 Å². The number of methoxy groups -OCH3 is 1. The molecule has 0 bridgehead atoms. The molecule has 0 aliphatic carbocycles. The molecular weight excluding hydrogens is 284 g/mol. The third-order valence-electron chi connectivity index (χ3n) is 4.91. The van der Waals surface area contributed by atoms with Gasteiger partial charge in [-0.2, -0.15) is 5.10 Å². The first-order valence-corrected chi connectivity index (χ1v) is 7.74. The van der Waals surface area contributed by atoms with Crippen LogP contribution in [0.4, 0.5) is 0 Å². The standard InChI is InChI=1S/C15H22N4O3/c1-22-11-10-19-13(20)2-4-15(19)5-8-18(9-6-15)14(21)12-3-7-16-17-12/h3,7H,2,4-6,8-11H2,1H3,(H,16,17). The summed E-state index contributed by atoms with van der Waals surface area (Å²) < 4.78 is 5.12. The van der Waals surface area contributed by atoms with E-state index in [4.69, 9.17) is 4.74 Å². The quantitative estimate of drug-likeness (QED) is 0.886. The molecule has 7 nitrogen and oxygen atoms in total. The highest BCUT2D eigenvalue weighted by molar-refractivity contribution is 5.92. The van der Waals surface area contributed by atoms with Crippen molar-refractivity contribution in [2.75, 3.05) is 33.4 Å². The van der Waals surface area contributed by atoms with Crippen molar-refractivity contribution >= 4 is 11.8 Å². The van der Waals surface area contributed by atoms with E-state index in [0.717, 1.165) is 19.3 Å². The van der Waals surface area contributed by atoms with Gasteiger partial charge in [-0.05, 0) is 25.3 Å². The lowest BCUT2D eigenvalue weighted by Crippen LogP contribution is -2.54. The van der Waals surface area contributed by atoms with Crippen molar-refractivity contribution < 1.29 is 14.3 Å². The van der Waals surface area contributed by atoms with Gasteiger partial charge >= 0.3 is 0 Å². The van der Waals surface area contributed by atoms with Crippen molar-refractivity contribution in [3.8, 4) is 0 Å². The summed E-state index contributed by atoms with van der Waals surface area (Å²) in [6.45, 7) is 2.55. The van der Waals surface area contributed by atoms with E-state index in [1.165, 1.54) is 0 Å². The number of ether oxygens (including phenoxy) is 1. The van der Waals surface area contributed by atoms with E-state index in [9.17, 15) is 9.59 Å². The Labute approximate surface area is 129 Å². The van der Waals surface area contributed by atoms with Gasteiger partial charge < -0.3 is 14.5 Å². The highest BCUT2D eigenvalue weighted by Gasteiger charge is 2.47. The average molecular weight is 306 g/mol. The summed E-state index contributed by atoms with van der Waals surface area (Å²) in [4.78, 5) is 28.3. The number of rotatable bonds is 4. The summed E-state index contributed by atoms with van der Waals surface area (Å²) in [5.74, 6) is 0.200. The molecule has 1 aromatic rings. The Hall–Kier alpha value is -1.89. The van der Waals surface area contributed by atoms with Gasteiger partial charge in [-0.25, -0.2) is 0 Å². The average Bonchev–Trinajstić information content (AvgIpc) is 3.16. The number of H-pyrrole nitrogens is 1. The second-order valence-corrected chi connectivity index (χ2v) is 6.03. The second kappa shape index (κ2) is 6.08. The monoisotopic (exact) mass is 306 g/mol. The number of carbonyl (C=O) groups excluding carboxylic acids is 2. The van der Waals surface area contributed by atoms with Gasteiger partial charge in [0.05, 0.1) is 6.61 Å². The molecule has 2 aliphatic heterocycles. The van der Waals surface area contributed by atoms with Gasteiger partial charge in [0.25, 0.3) is 5.91 Å². The van der Waals surface area contributed by atoms with Gasteiger partial charge in [-0.1, -0.05) is 0 Å². The van der Waals surface area contributed by atoms with Crippen molar-refractivity contribution in [2.45, 2.75) is 31.2 Å². The summed E-state index contributed by atoms with van der Waals surface area (Å²) in [7, 11) is 1.65. The minimum Gasteiger partial charge on any atom is -0.383 e. The Kier molecular flexibility index (Phi) is 4.15. The van der Waals surface area contributed by atoms with Gasteiger partial charge in [-0.15, -0.1) is 0 Å². The molecule has 120 valence electrons. The Morgan fingerprint density at radius 2 is 2.18 bits per heavy atom. The Morgan fingerprint density at radius 1 is 1.41 bits per heavy atom. The number of piperidine rings is 1. The summed E-state index contributed by atoms with van der Waals surface area (Å²) >= 11 is 0. The molecule has 0 radical (unpaired) electrons. The Balaban J connectivity index is 1.65. The van der Waals surface area contributed by atoms with E-state index < -0.39 is 0 Å². The summed E-state index contributed by atoms with van der Waals surface area (Å²) in [5.41, 5.74) is 0.440. The number of likely N-dealkylation sites (tertiary alicyclic amines) is 2. The molecular formula is C15H22N4O3. The number of nitrogens with zero attached hydrogens (tertiary/aromatic N) is 3. The highest BCUT2D eigenvalue weighted by Crippen LogP contribution is 2.39. The zero-order chi connectivity index (χ0) is 15.6. The fraction of sp³-hybridized carbons (Fsp3) is 0.667. The number of hydrogen-bond donors (Lipinski definition) is 1. The van der Waals surface area contributed by atoms with E-state index in [1.807, 2.05) is 9.80 Å². The molecule has 22 heavy (non-hydrogen) atoms. The molecule has 2 saturated heterocycles. The lowest BCUT2D eigenvalue weighted by atomic mass is 9.85. The van der Waals surface area contributed by atoms with E-state index >= 15 is 0 Å². The number of hydrogen-bond acceptors (Lipinski definition) is 4. The molecule has 3 rings (SSSR count). The van der Waals surface area contributed by atoms with Crippen LogP contribution in [0.3, 0.4) is 0 Å². The lowest BCUT2D eigenvalue weighted by molar-refractivity contribution is -0.133. The molecule has 2 amide bonds. The smallest absolute Gasteiger partial charge is 0.271 e.